The summed E-state index contributed by atoms with van der Waals surface area (Å²) in [7, 11) is 0. The number of hydrogen-bond acceptors (Lipinski definition) is 7. The van der Waals surface area contributed by atoms with Crippen LogP contribution in [0, 0.1) is 11.3 Å². The molecule has 0 aliphatic heterocycles. The summed E-state index contributed by atoms with van der Waals surface area (Å²) in [5, 5.41) is 26.7. The molecule has 0 saturated heterocycles. The zero-order valence-corrected chi connectivity index (χ0v) is 19.3. The van der Waals surface area contributed by atoms with Crippen LogP contribution >= 0.6 is 11.6 Å². The fourth-order valence-electron chi connectivity index (χ4n) is 3.48. The van der Waals surface area contributed by atoms with Crippen LogP contribution in [0.5, 0.6) is 5.75 Å². The molecule has 4 aromatic rings. The lowest BCUT2D eigenvalue weighted by molar-refractivity contribution is -0.136. The van der Waals surface area contributed by atoms with Crippen molar-refractivity contribution in [3.05, 3.63) is 58.7 Å². The lowest BCUT2D eigenvalue weighted by Gasteiger charge is -2.11. The highest BCUT2D eigenvalue weighted by molar-refractivity contribution is 6.35. The maximum Gasteiger partial charge on any atom is 0.304 e. The van der Waals surface area contributed by atoms with Crippen LogP contribution in [0.2, 0.25) is 5.02 Å². The third-order valence-corrected chi connectivity index (χ3v) is 5.31. The number of aliphatic carboxylic acids is 1. The minimum absolute atomic E-state index is 0.0548. The molecule has 2 aromatic heterocycles. The van der Waals surface area contributed by atoms with Crippen LogP contribution in [0.15, 0.2) is 47.1 Å². The maximum atomic E-state index is 10.6. The summed E-state index contributed by atoms with van der Waals surface area (Å²) in [6.07, 6.45) is 1.71. The Kier molecular flexibility index (Phi) is 6.82. The average molecular weight is 480 g/mol. The number of nitrogens with zero attached hydrogens (tertiary/aromatic N) is 4. The first-order valence-electron chi connectivity index (χ1n) is 10.6. The van der Waals surface area contributed by atoms with Crippen LogP contribution < -0.4 is 10.1 Å². The van der Waals surface area contributed by atoms with Crippen LogP contribution in [-0.4, -0.2) is 38.4 Å². The van der Waals surface area contributed by atoms with E-state index in [0.717, 1.165) is 16.5 Å². The number of carbonyl (C=O) groups is 1. The SMILES string of the molecule is CC(C)Oc1ccc(-c2nc(-n3cc(Cl)c4cc(CNCCC(=O)O)ccc43)no2)cc1C#N. The van der Waals surface area contributed by atoms with Crippen molar-refractivity contribution in [2.24, 2.45) is 0 Å². The van der Waals surface area contributed by atoms with Crippen molar-refractivity contribution in [1.82, 2.24) is 20.0 Å². The minimum atomic E-state index is -0.841. The van der Waals surface area contributed by atoms with Crippen LogP contribution in [0.25, 0.3) is 28.3 Å². The molecular weight excluding hydrogens is 458 g/mol. The molecule has 0 aliphatic carbocycles. The van der Waals surface area contributed by atoms with Gasteiger partial charge in [0.05, 0.1) is 28.6 Å². The molecule has 2 aromatic carbocycles. The van der Waals surface area contributed by atoms with E-state index >= 15 is 0 Å². The van der Waals surface area contributed by atoms with E-state index < -0.39 is 5.97 Å². The minimum Gasteiger partial charge on any atom is -0.490 e. The summed E-state index contributed by atoms with van der Waals surface area (Å²) < 4.78 is 12.9. The lowest BCUT2D eigenvalue weighted by Crippen LogP contribution is -2.17. The molecule has 0 radical (unpaired) electrons. The molecule has 0 amide bonds. The van der Waals surface area contributed by atoms with Gasteiger partial charge in [-0.3, -0.25) is 9.36 Å². The van der Waals surface area contributed by atoms with Gasteiger partial charge in [-0.2, -0.15) is 10.2 Å². The topological polar surface area (TPSA) is 126 Å². The fourth-order valence-corrected chi connectivity index (χ4v) is 3.73. The van der Waals surface area contributed by atoms with Crippen molar-refractivity contribution in [3.63, 3.8) is 0 Å². The smallest absolute Gasteiger partial charge is 0.304 e. The first kappa shape index (κ1) is 23.3. The zero-order chi connectivity index (χ0) is 24.2. The van der Waals surface area contributed by atoms with Gasteiger partial charge in [0, 0.05) is 30.2 Å². The Morgan fingerprint density at radius 3 is 2.88 bits per heavy atom. The van der Waals surface area contributed by atoms with Crippen molar-refractivity contribution < 1.29 is 19.2 Å². The van der Waals surface area contributed by atoms with Crippen molar-refractivity contribution in [3.8, 4) is 29.2 Å². The van der Waals surface area contributed by atoms with Gasteiger partial charge in [0.2, 0.25) is 0 Å². The van der Waals surface area contributed by atoms with Gasteiger partial charge in [-0.15, -0.1) is 0 Å². The summed E-state index contributed by atoms with van der Waals surface area (Å²) in [6, 6.07) is 13.0. The number of halogens is 1. The second-order valence-electron chi connectivity index (χ2n) is 7.91. The summed E-state index contributed by atoms with van der Waals surface area (Å²) in [6.45, 7) is 4.69. The summed E-state index contributed by atoms with van der Waals surface area (Å²) in [5.41, 5.74) is 2.75. The number of aromatic nitrogens is 3. The normalized spacial score (nSPS) is 11.1. The maximum absolute atomic E-state index is 10.6. The lowest BCUT2D eigenvalue weighted by atomic mass is 10.1. The van der Waals surface area contributed by atoms with E-state index in [1.807, 2.05) is 32.0 Å². The van der Waals surface area contributed by atoms with E-state index in [1.54, 1.807) is 29.0 Å². The van der Waals surface area contributed by atoms with Crippen LogP contribution in [0.4, 0.5) is 0 Å². The van der Waals surface area contributed by atoms with Crippen LogP contribution in [-0.2, 0) is 11.3 Å². The summed E-state index contributed by atoms with van der Waals surface area (Å²) in [4.78, 5) is 15.1. The third-order valence-electron chi connectivity index (χ3n) is 5.01. The molecule has 0 unspecified atom stereocenters. The number of carboxylic acid groups (broad SMARTS) is 1. The van der Waals surface area contributed by atoms with Crippen molar-refractivity contribution in [1.29, 1.82) is 5.26 Å². The zero-order valence-electron chi connectivity index (χ0n) is 18.6. The molecule has 0 aliphatic rings. The molecule has 4 rings (SSSR count). The molecule has 2 N–H and O–H groups in total. The molecular formula is C24H22ClN5O4. The number of carboxylic acids is 1. The number of nitriles is 1. The molecule has 10 heteroatoms. The highest BCUT2D eigenvalue weighted by Crippen LogP contribution is 2.30. The van der Waals surface area contributed by atoms with E-state index in [0.29, 0.717) is 40.9 Å². The Morgan fingerprint density at radius 1 is 1.32 bits per heavy atom. The van der Waals surface area contributed by atoms with Gasteiger partial charge in [0.25, 0.3) is 11.8 Å². The molecule has 0 saturated carbocycles. The predicted molar refractivity (Wildman–Crippen MR) is 126 cm³/mol. The van der Waals surface area contributed by atoms with E-state index in [9.17, 15) is 10.1 Å². The fraction of sp³-hybridized carbons (Fsp3) is 0.250. The van der Waals surface area contributed by atoms with Crippen molar-refractivity contribution in [2.75, 3.05) is 6.54 Å². The van der Waals surface area contributed by atoms with E-state index in [2.05, 4.69) is 21.5 Å². The molecule has 0 spiro atoms. The Hall–Kier alpha value is -3.87. The highest BCUT2D eigenvalue weighted by atomic mass is 35.5. The van der Waals surface area contributed by atoms with E-state index in [4.69, 9.17) is 26.0 Å². The third kappa shape index (κ3) is 5.03. The number of fused-ring (bicyclic) bond motifs is 1. The van der Waals surface area contributed by atoms with Gasteiger partial charge in [-0.05, 0) is 54.9 Å². The molecule has 174 valence electrons. The standard InChI is InChI=1S/C24H22ClN5O4/c1-14(2)33-21-6-4-16(10-17(21)11-26)23-28-24(29-34-23)30-13-19(25)18-9-15(3-5-20(18)30)12-27-8-7-22(31)32/h3-6,9-10,13-14,27H,7-8,12H2,1-2H3,(H,31,32). The van der Waals surface area contributed by atoms with Gasteiger partial charge in [-0.25, -0.2) is 0 Å². The van der Waals surface area contributed by atoms with Gasteiger partial charge < -0.3 is 19.7 Å². The molecule has 0 bridgehead atoms. The quantitative estimate of drug-likeness (QED) is 0.334. The second-order valence-corrected chi connectivity index (χ2v) is 8.32. The van der Waals surface area contributed by atoms with Gasteiger partial charge in [0.15, 0.2) is 0 Å². The number of benzene rings is 2. The molecule has 0 atom stereocenters. The van der Waals surface area contributed by atoms with Gasteiger partial charge >= 0.3 is 5.97 Å². The first-order valence-corrected chi connectivity index (χ1v) is 11.0. The Bertz CT molecular complexity index is 1390. The van der Waals surface area contributed by atoms with Crippen LogP contribution in [0.1, 0.15) is 31.4 Å². The van der Waals surface area contributed by atoms with Crippen molar-refractivity contribution >= 4 is 28.5 Å². The van der Waals surface area contributed by atoms with E-state index in [-0.39, 0.29) is 18.4 Å². The Morgan fingerprint density at radius 2 is 2.15 bits per heavy atom. The molecule has 34 heavy (non-hydrogen) atoms. The largest absolute Gasteiger partial charge is 0.490 e. The molecule has 2 heterocycles. The molecule has 0 fully saturated rings. The number of ether oxygens (including phenoxy) is 1. The first-order chi connectivity index (χ1) is 16.4. The van der Waals surface area contributed by atoms with Crippen molar-refractivity contribution in [2.45, 2.75) is 32.9 Å². The summed E-state index contributed by atoms with van der Waals surface area (Å²) >= 11 is 6.47. The van der Waals surface area contributed by atoms with E-state index in [1.165, 1.54) is 0 Å². The number of rotatable bonds is 9. The number of nitrogens with one attached hydrogen (secondary N) is 1. The predicted octanol–water partition coefficient (Wildman–Crippen LogP) is 4.56. The highest BCUT2D eigenvalue weighted by Gasteiger charge is 2.17. The monoisotopic (exact) mass is 479 g/mol. The van der Waals surface area contributed by atoms with Gasteiger partial charge in [0.1, 0.15) is 11.8 Å². The summed E-state index contributed by atoms with van der Waals surface area (Å²) in [5.74, 6) is 0.226. The van der Waals surface area contributed by atoms with Crippen LogP contribution in [0.3, 0.4) is 0 Å². The average Bonchev–Trinajstić information content (AvgIpc) is 3.41. The Balaban J connectivity index is 1.59. The number of hydrogen-bond donors (Lipinski definition) is 2. The molecule has 9 nitrogen and oxygen atoms in total. The Labute approximate surface area is 200 Å². The van der Waals surface area contributed by atoms with Gasteiger partial charge in [-0.1, -0.05) is 17.7 Å². The second kappa shape index (κ2) is 9.95.